The zero-order chi connectivity index (χ0) is 9.68. The van der Waals surface area contributed by atoms with Gasteiger partial charge in [0.05, 0.1) is 0 Å². The van der Waals surface area contributed by atoms with Gasteiger partial charge in [-0.1, -0.05) is 33.1 Å². The van der Waals surface area contributed by atoms with Gasteiger partial charge in [-0.15, -0.1) is 0 Å². The second-order valence-electron chi connectivity index (χ2n) is 4.59. The lowest BCUT2D eigenvalue weighted by atomic mass is 9.92. The lowest BCUT2D eigenvalue weighted by Gasteiger charge is -2.23. The third kappa shape index (κ3) is 3.68. The second-order valence-corrected chi connectivity index (χ2v) is 4.59. The van der Waals surface area contributed by atoms with Crippen molar-refractivity contribution in [3.8, 4) is 0 Å². The van der Waals surface area contributed by atoms with Crippen molar-refractivity contribution in [2.75, 3.05) is 7.05 Å². The predicted octanol–water partition coefficient (Wildman–Crippen LogP) is 3.20. The zero-order valence-electron chi connectivity index (χ0n) is 9.47. The van der Waals surface area contributed by atoms with E-state index in [4.69, 9.17) is 0 Å². The molecule has 0 heterocycles. The molecule has 2 atom stereocenters. The fourth-order valence-corrected chi connectivity index (χ4v) is 2.23. The minimum absolute atomic E-state index is 0.777. The molecule has 0 aromatic heterocycles. The molecule has 1 fully saturated rings. The standard InChI is InChI=1S/C12H25N/c1-4-5-6-7-12(13-3)10(2)11-8-9-11/h10-13H,4-9H2,1-3H3. The van der Waals surface area contributed by atoms with Gasteiger partial charge < -0.3 is 5.32 Å². The molecule has 0 radical (unpaired) electrons. The van der Waals surface area contributed by atoms with Gasteiger partial charge in [-0.05, 0) is 38.1 Å². The number of nitrogens with one attached hydrogen (secondary N) is 1. The molecule has 1 rings (SSSR count). The maximum atomic E-state index is 3.48. The lowest BCUT2D eigenvalue weighted by molar-refractivity contribution is 0.333. The summed E-state index contributed by atoms with van der Waals surface area (Å²) in [7, 11) is 2.12. The van der Waals surface area contributed by atoms with E-state index >= 15 is 0 Å². The Hall–Kier alpha value is -0.0400. The van der Waals surface area contributed by atoms with Gasteiger partial charge in [0, 0.05) is 6.04 Å². The van der Waals surface area contributed by atoms with E-state index in [-0.39, 0.29) is 0 Å². The van der Waals surface area contributed by atoms with Crippen LogP contribution in [0.5, 0.6) is 0 Å². The van der Waals surface area contributed by atoms with Gasteiger partial charge in [-0.2, -0.15) is 0 Å². The highest BCUT2D eigenvalue weighted by molar-refractivity contribution is 4.85. The number of hydrogen-bond acceptors (Lipinski definition) is 1. The molecule has 1 nitrogen and oxygen atoms in total. The molecule has 0 amide bonds. The van der Waals surface area contributed by atoms with E-state index in [1.54, 1.807) is 0 Å². The first kappa shape index (κ1) is 11.0. The lowest BCUT2D eigenvalue weighted by Crippen LogP contribution is -2.33. The first-order chi connectivity index (χ1) is 6.29. The molecule has 0 spiro atoms. The molecule has 1 N–H and O–H groups in total. The van der Waals surface area contributed by atoms with Gasteiger partial charge >= 0.3 is 0 Å². The van der Waals surface area contributed by atoms with Crippen LogP contribution < -0.4 is 5.32 Å². The van der Waals surface area contributed by atoms with E-state index in [2.05, 4.69) is 26.2 Å². The Morgan fingerprint density at radius 3 is 2.46 bits per heavy atom. The van der Waals surface area contributed by atoms with E-state index in [1.807, 2.05) is 0 Å². The summed E-state index contributed by atoms with van der Waals surface area (Å²) in [6.07, 6.45) is 8.48. The smallest absolute Gasteiger partial charge is 0.00923 e. The van der Waals surface area contributed by atoms with Crippen LogP contribution in [0.3, 0.4) is 0 Å². The molecule has 1 saturated carbocycles. The number of unbranched alkanes of at least 4 members (excludes halogenated alkanes) is 2. The topological polar surface area (TPSA) is 12.0 Å². The van der Waals surface area contributed by atoms with Crippen LogP contribution in [0.25, 0.3) is 0 Å². The maximum Gasteiger partial charge on any atom is 0.00923 e. The molecule has 0 aromatic rings. The van der Waals surface area contributed by atoms with Crippen LogP contribution in [0.4, 0.5) is 0 Å². The molecule has 0 aromatic carbocycles. The Kier molecular flexibility index (Phi) is 4.79. The average Bonchev–Trinajstić information content (AvgIpc) is 2.94. The molecule has 0 bridgehead atoms. The fourth-order valence-electron chi connectivity index (χ4n) is 2.23. The molecule has 1 aliphatic carbocycles. The van der Waals surface area contributed by atoms with Crippen molar-refractivity contribution in [2.45, 2.75) is 58.4 Å². The highest BCUT2D eigenvalue weighted by Crippen LogP contribution is 2.39. The molecule has 1 aliphatic rings. The second kappa shape index (κ2) is 5.64. The quantitative estimate of drug-likeness (QED) is 0.598. The minimum atomic E-state index is 0.777. The average molecular weight is 183 g/mol. The maximum absolute atomic E-state index is 3.48. The van der Waals surface area contributed by atoms with Crippen molar-refractivity contribution in [1.82, 2.24) is 5.32 Å². The molecule has 0 aliphatic heterocycles. The molecule has 13 heavy (non-hydrogen) atoms. The SMILES string of the molecule is CCCCCC(NC)C(C)C1CC1. The number of rotatable bonds is 7. The van der Waals surface area contributed by atoms with Gasteiger partial charge in [0.1, 0.15) is 0 Å². The van der Waals surface area contributed by atoms with Crippen molar-refractivity contribution in [3.05, 3.63) is 0 Å². The molecule has 2 unspecified atom stereocenters. The summed E-state index contributed by atoms with van der Waals surface area (Å²) < 4.78 is 0. The molecular weight excluding hydrogens is 158 g/mol. The summed E-state index contributed by atoms with van der Waals surface area (Å²) in [5.41, 5.74) is 0. The van der Waals surface area contributed by atoms with Crippen LogP contribution in [0.1, 0.15) is 52.4 Å². The van der Waals surface area contributed by atoms with Gasteiger partial charge in [-0.3, -0.25) is 0 Å². The summed E-state index contributed by atoms with van der Waals surface area (Å²) in [5, 5.41) is 3.48. The van der Waals surface area contributed by atoms with Crippen molar-refractivity contribution in [2.24, 2.45) is 11.8 Å². The zero-order valence-corrected chi connectivity index (χ0v) is 9.47. The Morgan fingerprint density at radius 1 is 1.31 bits per heavy atom. The van der Waals surface area contributed by atoms with E-state index in [1.165, 1.54) is 38.5 Å². The largest absolute Gasteiger partial charge is 0.317 e. The van der Waals surface area contributed by atoms with Gasteiger partial charge in [-0.25, -0.2) is 0 Å². The summed E-state index contributed by atoms with van der Waals surface area (Å²) in [4.78, 5) is 0. The van der Waals surface area contributed by atoms with Crippen LogP contribution >= 0.6 is 0 Å². The van der Waals surface area contributed by atoms with Gasteiger partial charge in [0.2, 0.25) is 0 Å². The van der Waals surface area contributed by atoms with Crippen molar-refractivity contribution in [3.63, 3.8) is 0 Å². The fraction of sp³-hybridized carbons (Fsp3) is 1.00. The first-order valence-electron chi connectivity index (χ1n) is 5.96. The normalized spacial score (nSPS) is 21.5. The van der Waals surface area contributed by atoms with Crippen molar-refractivity contribution in [1.29, 1.82) is 0 Å². The highest BCUT2D eigenvalue weighted by Gasteiger charge is 2.32. The Bertz CT molecular complexity index is 129. The summed E-state index contributed by atoms with van der Waals surface area (Å²) in [5.74, 6) is 1.95. The van der Waals surface area contributed by atoms with Crippen LogP contribution in [0.15, 0.2) is 0 Å². The highest BCUT2D eigenvalue weighted by atomic mass is 14.9. The van der Waals surface area contributed by atoms with E-state index in [0.717, 1.165) is 17.9 Å². The van der Waals surface area contributed by atoms with Crippen LogP contribution in [0, 0.1) is 11.8 Å². The Morgan fingerprint density at radius 2 is 2.00 bits per heavy atom. The summed E-state index contributed by atoms with van der Waals surface area (Å²) in [6.45, 7) is 4.70. The third-order valence-electron chi connectivity index (χ3n) is 3.49. The molecule has 1 heteroatoms. The van der Waals surface area contributed by atoms with Gasteiger partial charge in [0.25, 0.3) is 0 Å². The first-order valence-corrected chi connectivity index (χ1v) is 5.96. The van der Waals surface area contributed by atoms with Crippen LogP contribution in [-0.4, -0.2) is 13.1 Å². The number of hydrogen-bond donors (Lipinski definition) is 1. The molecular formula is C12H25N. The Balaban J connectivity index is 2.16. The summed E-state index contributed by atoms with van der Waals surface area (Å²) >= 11 is 0. The van der Waals surface area contributed by atoms with Gasteiger partial charge in [0.15, 0.2) is 0 Å². The van der Waals surface area contributed by atoms with E-state index < -0.39 is 0 Å². The minimum Gasteiger partial charge on any atom is -0.317 e. The predicted molar refractivity (Wildman–Crippen MR) is 58.9 cm³/mol. The monoisotopic (exact) mass is 183 g/mol. The Labute approximate surface area is 83.3 Å². The third-order valence-corrected chi connectivity index (χ3v) is 3.49. The molecule has 0 saturated heterocycles. The summed E-state index contributed by atoms with van der Waals surface area (Å²) in [6, 6.07) is 0.777. The van der Waals surface area contributed by atoms with E-state index in [0.29, 0.717) is 0 Å². The van der Waals surface area contributed by atoms with Crippen LogP contribution in [-0.2, 0) is 0 Å². The van der Waals surface area contributed by atoms with Crippen molar-refractivity contribution < 1.29 is 0 Å². The van der Waals surface area contributed by atoms with Crippen molar-refractivity contribution >= 4 is 0 Å². The van der Waals surface area contributed by atoms with Crippen LogP contribution in [0.2, 0.25) is 0 Å². The molecule has 78 valence electrons. The van der Waals surface area contributed by atoms with E-state index in [9.17, 15) is 0 Å².